The van der Waals surface area contributed by atoms with Crippen LogP contribution >= 0.6 is 11.3 Å². The third kappa shape index (κ3) is 3.90. The van der Waals surface area contributed by atoms with Crippen LogP contribution < -0.4 is 5.32 Å². The van der Waals surface area contributed by atoms with E-state index < -0.39 is 11.9 Å². The van der Waals surface area contributed by atoms with Crippen LogP contribution in [0.4, 0.5) is 9.39 Å². The maximum Gasteiger partial charge on any atom is 0.341 e. The summed E-state index contributed by atoms with van der Waals surface area (Å²) < 4.78 is 18.1. The number of amides is 1. The van der Waals surface area contributed by atoms with Gasteiger partial charge in [0.2, 0.25) is 0 Å². The van der Waals surface area contributed by atoms with Gasteiger partial charge in [-0.3, -0.25) is 9.89 Å². The number of carbonyl (C=O) groups excluding carboxylic acids is 2. The zero-order chi connectivity index (χ0) is 19.6. The number of rotatable bonds is 5. The van der Waals surface area contributed by atoms with Crippen LogP contribution in [0.5, 0.6) is 0 Å². The molecule has 27 heavy (non-hydrogen) atoms. The highest BCUT2D eigenvalue weighted by molar-refractivity contribution is 7.16. The van der Waals surface area contributed by atoms with Crippen molar-refractivity contribution in [2.45, 2.75) is 20.8 Å². The number of hydrogen-bond acceptors (Lipinski definition) is 5. The largest absolute Gasteiger partial charge is 0.462 e. The first-order valence-corrected chi connectivity index (χ1v) is 9.12. The molecule has 0 saturated heterocycles. The number of halogens is 1. The molecule has 0 aliphatic heterocycles. The topological polar surface area (TPSA) is 84.1 Å². The van der Waals surface area contributed by atoms with Gasteiger partial charge in [-0.25, -0.2) is 9.18 Å². The molecule has 6 nitrogen and oxygen atoms in total. The zero-order valence-corrected chi connectivity index (χ0v) is 15.9. The number of carbonyl (C=O) groups is 2. The fourth-order valence-corrected chi connectivity index (χ4v) is 3.58. The van der Waals surface area contributed by atoms with E-state index in [1.54, 1.807) is 25.1 Å². The summed E-state index contributed by atoms with van der Waals surface area (Å²) in [5, 5.41) is 9.94. The quantitative estimate of drug-likeness (QED) is 0.639. The molecule has 1 amide bonds. The summed E-state index contributed by atoms with van der Waals surface area (Å²) in [6, 6.07) is 7.38. The van der Waals surface area contributed by atoms with Crippen molar-refractivity contribution in [3.8, 4) is 11.3 Å². The van der Waals surface area contributed by atoms with Crippen molar-refractivity contribution in [1.82, 2.24) is 10.2 Å². The van der Waals surface area contributed by atoms with Gasteiger partial charge in [-0.2, -0.15) is 5.10 Å². The van der Waals surface area contributed by atoms with E-state index in [9.17, 15) is 14.0 Å². The molecule has 1 aromatic carbocycles. The molecule has 0 radical (unpaired) electrons. The molecule has 0 fully saturated rings. The summed E-state index contributed by atoms with van der Waals surface area (Å²) in [7, 11) is 0. The molecule has 8 heteroatoms. The number of hydrogen-bond donors (Lipinski definition) is 2. The first-order valence-electron chi connectivity index (χ1n) is 8.30. The van der Waals surface area contributed by atoms with Crippen molar-refractivity contribution in [3.63, 3.8) is 0 Å². The minimum Gasteiger partial charge on any atom is -0.462 e. The van der Waals surface area contributed by atoms with Crippen LogP contribution in [0.1, 0.15) is 38.2 Å². The molecule has 0 aliphatic carbocycles. The van der Waals surface area contributed by atoms with E-state index in [1.807, 2.05) is 13.8 Å². The monoisotopic (exact) mass is 387 g/mol. The van der Waals surface area contributed by atoms with Gasteiger partial charge in [0.25, 0.3) is 5.91 Å². The van der Waals surface area contributed by atoms with E-state index in [4.69, 9.17) is 4.74 Å². The Kier molecular flexibility index (Phi) is 5.36. The first kappa shape index (κ1) is 18.8. The van der Waals surface area contributed by atoms with Gasteiger partial charge in [0.05, 0.1) is 17.9 Å². The summed E-state index contributed by atoms with van der Waals surface area (Å²) in [6.45, 7) is 5.67. The third-order valence-corrected chi connectivity index (χ3v) is 5.18. The summed E-state index contributed by atoms with van der Waals surface area (Å²) in [5.41, 5.74) is 2.58. The SMILES string of the molecule is CCOC(=O)c1c(NC(=O)c2cc(-c3ccc(F)cc3)n[nH]2)sc(C)c1C. The average molecular weight is 387 g/mol. The molecule has 2 N–H and O–H groups in total. The molecule has 0 saturated carbocycles. The molecule has 3 aromatic rings. The highest BCUT2D eigenvalue weighted by Gasteiger charge is 2.23. The second kappa shape index (κ2) is 7.71. The standard InChI is InChI=1S/C19H18FN3O3S/c1-4-26-19(25)16-10(2)11(3)27-18(16)21-17(24)15-9-14(22-23-15)12-5-7-13(20)8-6-12/h5-9H,4H2,1-3H3,(H,21,24)(H,22,23). The summed E-state index contributed by atoms with van der Waals surface area (Å²) >= 11 is 1.31. The molecule has 0 unspecified atom stereocenters. The molecule has 0 atom stereocenters. The van der Waals surface area contributed by atoms with E-state index in [2.05, 4.69) is 15.5 Å². The predicted molar refractivity (Wildman–Crippen MR) is 102 cm³/mol. The minimum absolute atomic E-state index is 0.229. The molecule has 2 aromatic heterocycles. The van der Waals surface area contributed by atoms with Gasteiger partial charge in [0.1, 0.15) is 16.5 Å². The number of ether oxygens (including phenoxy) is 1. The number of aromatic amines is 1. The lowest BCUT2D eigenvalue weighted by Gasteiger charge is -2.06. The number of esters is 1. The molecule has 3 rings (SSSR count). The van der Waals surface area contributed by atoms with E-state index in [-0.39, 0.29) is 18.1 Å². The Balaban J connectivity index is 1.83. The van der Waals surface area contributed by atoms with Crippen LogP contribution in [-0.2, 0) is 4.74 Å². The smallest absolute Gasteiger partial charge is 0.341 e. The van der Waals surface area contributed by atoms with Crippen LogP contribution in [0.2, 0.25) is 0 Å². The van der Waals surface area contributed by atoms with E-state index in [0.29, 0.717) is 21.8 Å². The fourth-order valence-electron chi connectivity index (χ4n) is 2.54. The van der Waals surface area contributed by atoms with Gasteiger partial charge in [-0.1, -0.05) is 0 Å². The molecule has 0 spiro atoms. The molecular weight excluding hydrogens is 369 g/mol. The van der Waals surface area contributed by atoms with Crippen LogP contribution in [0.3, 0.4) is 0 Å². The van der Waals surface area contributed by atoms with Crippen molar-refractivity contribution < 1.29 is 18.7 Å². The van der Waals surface area contributed by atoms with Gasteiger partial charge in [0.15, 0.2) is 0 Å². The Morgan fingerprint density at radius 3 is 2.63 bits per heavy atom. The Morgan fingerprint density at radius 1 is 1.26 bits per heavy atom. The van der Waals surface area contributed by atoms with Crippen molar-refractivity contribution in [2.75, 3.05) is 11.9 Å². The number of aromatic nitrogens is 2. The normalized spacial score (nSPS) is 10.7. The van der Waals surface area contributed by atoms with E-state index in [1.165, 1.54) is 23.5 Å². The number of nitrogens with zero attached hydrogens (tertiary/aromatic N) is 1. The number of H-pyrrole nitrogens is 1. The lowest BCUT2D eigenvalue weighted by Crippen LogP contribution is -2.15. The van der Waals surface area contributed by atoms with Crippen LogP contribution in [0, 0.1) is 19.7 Å². The second-order valence-corrected chi connectivity index (χ2v) is 7.06. The van der Waals surface area contributed by atoms with E-state index >= 15 is 0 Å². The van der Waals surface area contributed by atoms with Gasteiger partial charge < -0.3 is 10.1 Å². The van der Waals surface area contributed by atoms with E-state index in [0.717, 1.165) is 10.4 Å². The number of benzene rings is 1. The Morgan fingerprint density at radius 2 is 1.96 bits per heavy atom. The lowest BCUT2D eigenvalue weighted by molar-refractivity contribution is 0.0527. The van der Waals surface area contributed by atoms with Crippen molar-refractivity contribution >= 4 is 28.2 Å². The highest BCUT2D eigenvalue weighted by atomic mass is 32.1. The number of aryl methyl sites for hydroxylation is 1. The maximum absolute atomic E-state index is 13.0. The summed E-state index contributed by atoms with van der Waals surface area (Å²) in [5.74, 6) is -1.24. The minimum atomic E-state index is -0.466. The zero-order valence-electron chi connectivity index (χ0n) is 15.1. The third-order valence-electron chi connectivity index (χ3n) is 4.05. The summed E-state index contributed by atoms with van der Waals surface area (Å²) in [6.07, 6.45) is 0. The first-order chi connectivity index (χ1) is 12.9. The van der Waals surface area contributed by atoms with Crippen LogP contribution in [0.25, 0.3) is 11.3 Å². The molecule has 140 valence electrons. The van der Waals surface area contributed by atoms with Gasteiger partial charge in [0, 0.05) is 10.4 Å². The molecule has 0 aliphatic rings. The van der Waals surface area contributed by atoms with Crippen molar-refractivity contribution in [3.05, 3.63) is 57.8 Å². The Bertz CT molecular complexity index is 992. The van der Waals surface area contributed by atoms with Gasteiger partial charge in [-0.05, 0) is 56.7 Å². The molecular formula is C19H18FN3O3S. The van der Waals surface area contributed by atoms with Crippen molar-refractivity contribution in [1.29, 1.82) is 0 Å². The van der Waals surface area contributed by atoms with Gasteiger partial charge in [-0.15, -0.1) is 11.3 Å². The second-order valence-electron chi connectivity index (χ2n) is 5.84. The highest BCUT2D eigenvalue weighted by Crippen LogP contribution is 2.33. The molecule has 0 bridgehead atoms. The number of anilines is 1. The molecule has 2 heterocycles. The Labute approximate surface area is 159 Å². The van der Waals surface area contributed by atoms with Crippen molar-refractivity contribution in [2.24, 2.45) is 0 Å². The predicted octanol–water partition coefficient (Wildman–Crippen LogP) is 4.32. The average Bonchev–Trinajstić information content (AvgIpc) is 3.22. The Hall–Kier alpha value is -3.00. The summed E-state index contributed by atoms with van der Waals surface area (Å²) in [4.78, 5) is 25.7. The lowest BCUT2D eigenvalue weighted by atomic mass is 10.1. The fraction of sp³-hybridized carbons (Fsp3) is 0.211. The number of nitrogens with one attached hydrogen (secondary N) is 2. The number of thiophene rings is 1. The van der Waals surface area contributed by atoms with Crippen LogP contribution in [-0.4, -0.2) is 28.7 Å². The van der Waals surface area contributed by atoms with Crippen LogP contribution in [0.15, 0.2) is 30.3 Å². The van der Waals surface area contributed by atoms with Gasteiger partial charge >= 0.3 is 5.97 Å². The maximum atomic E-state index is 13.0.